The molecule has 0 radical (unpaired) electrons. The van der Waals surface area contributed by atoms with Crippen LogP contribution in [-0.2, 0) is 56.0 Å². The highest BCUT2D eigenvalue weighted by Gasteiger charge is 2.47. The Balaban J connectivity index is 0.000000520. The van der Waals surface area contributed by atoms with Crippen LogP contribution in [0.5, 0.6) is 0 Å². The van der Waals surface area contributed by atoms with E-state index < -0.39 is 195 Å². The average molecular weight is 1080 g/mol. The van der Waals surface area contributed by atoms with Crippen molar-refractivity contribution in [1.82, 2.24) is 4.98 Å². The molecule has 2 nitrogen and oxygen atoms in total. The third kappa shape index (κ3) is 13.6. The zero-order valence-electron chi connectivity index (χ0n) is 36.4. The lowest BCUT2D eigenvalue weighted by Crippen LogP contribution is -2.75. The van der Waals surface area contributed by atoms with Crippen LogP contribution in [0.15, 0.2) is 122 Å². The first-order valence-electron chi connectivity index (χ1n) is 20.3. The van der Waals surface area contributed by atoms with Crippen molar-refractivity contribution in [2.75, 3.05) is 0 Å². The molecule has 0 saturated carbocycles. The average Bonchev–Trinajstić information content (AvgIpc) is 3.24. The first-order valence-corrected chi connectivity index (χ1v) is 20.3. The Morgan fingerprint density at radius 2 is 0.630 bits per heavy atom. The number of alkyl halides is 24. The summed E-state index contributed by atoms with van der Waals surface area (Å²) in [4.78, 5) is 4.36. The van der Waals surface area contributed by atoms with Crippen LogP contribution < -0.4 is 26.4 Å². The minimum absolute atomic E-state index is 0.475. The van der Waals surface area contributed by atoms with E-state index >= 15 is 0 Å². The highest BCUT2D eigenvalue weighted by Crippen LogP contribution is 2.41. The maximum absolute atomic E-state index is 14.2. The van der Waals surface area contributed by atoms with Gasteiger partial charge in [0.25, 0.3) is 0 Å². The van der Waals surface area contributed by atoms with Gasteiger partial charge in [-0.2, -0.15) is 132 Å². The summed E-state index contributed by atoms with van der Waals surface area (Å²) < 4.78 is 343. The van der Waals surface area contributed by atoms with Gasteiger partial charge in [0.1, 0.15) is 11.8 Å². The monoisotopic (exact) mass is 1080 g/mol. The molecule has 6 rings (SSSR count). The Morgan fingerprint density at radius 3 is 0.849 bits per heavy atom. The number of benzene rings is 5. The van der Waals surface area contributed by atoms with E-state index in [4.69, 9.17) is 0 Å². The normalized spacial score (nSPS) is 13.5. The van der Waals surface area contributed by atoms with Crippen molar-refractivity contribution in [3.8, 4) is 0 Å². The number of hydrogen-bond acceptors (Lipinski definition) is 1. The van der Waals surface area contributed by atoms with Crippen LogP contribution in [0.4, 0.5) is 105 Å². The van der Waals surface area contributed by atoms with Gasteiger partial charge >= 0.3 is 49.4 Å². The van der Waals surface area contributed by atoms with Crippen molar-refractivity contribution >= 4 is 28.0 Å². The van der Waals surface area contributed by atoms with Gasteiger partial charge in [0, 0.05) is 11.5 Å². The van der Waals surface area contributed by atoms with E-state index in [2.05, 4.69) is 53.9 Å². The van der Waals surface area contributed by atoms with Gasteiger partial charge in [0.2, 0.25) is 0 Å². The van der Waals surface area contributed by atoms with Crippen molar-refractivity contribution in [3.63, 3.8) is 0 Å². The molecule has 0 atom stereocenters. The Hall–Kier alpha value is -6.44. The molecular weight excluding hydrogens is 1050 g/mol. The van der Waals surface area contributed by atoms with Gasteiger partial charge < -0.3 is 0 Å². The fourth-order valence-electron chi connectivity index (χ4n) is 7.71. The third-order valence-corrected chi connectivity index (χ3v) is 11.0. The van der Waals surface area contributed by atoms with Gasteiger partial charge in [-0.05, 0) is 24.3 Å². The molecule has 394 valence electrons. The van der Waals surface area contributed by atoms with Gasteiger partial charge in [-0.15, -0.1) is 0 Å². The topological polar surface area (TPSA) is 16.8 Å². The Bertz CT molecular complexity index is 2470. The van der Waals surface area contributed by atoms with E-state index in [1.165, 1.54) is 5.56 Å². The quantitative estimate of drug-likeness (QED) is 0.0884. The number of aromatic nitrogens is 2. The number of nitrogens with zero attached hydrogens (tertiary/aromatic N) is 2. The van der Waals surface area contributed by atoms with Gasteiger partial charge in [-0.25, -0.2) is 4.98 Å². The summed E-state index contributed by atoms with van der Waals surface area (Å²) in [6.45, 7) is 5.23. The summed E-state index contributed by atoms with van der Waals surface area (Å²) in [5, 5.41) is 0. The first-order chi connectivity index (χ1) is 33.0. The largest absolute Gasteiger partial charge is 0.416 e. The van der Waals surface area contributed by atoms with E-state index in [-0.39, 0.29) is 0 Å². The van der Waals surface area contributed by atoms with Crippen LogP contribution in [-0.4, -0.2) is 11.1 Å². The summed E-state index contributed by atoms with van der Waals surface area (Å²) in [6.07, 6.45) is -48.8. The minimum atomic E-state index is -6.13. The molecule has 6 aromatic rings. The van der Waals surface area contributed by atoms with Gasteiger partial charge in [0.15, 0.2) is 18.9 Å². The molecule has 0 bridgehead atoms. The van der Waals surface area contributed by atoms with Crippen LogP contribution in [0, 0.1) is 0 Å². The highest BCUT2D eigenvalue weighted by atomic mass is 19.4. The standard InChI is InChI=1S/C32H12BF24.C14H17N2/c34-25(35,36)13-1-14(26(37,38)39)6-21(5-13)33(22-7-15(27(40,41)42)2-16(8-22)28(43,44)45,23-9-17(29(46,47)48)3-18(10-23)30(49,50)51)24-11-19(31(52,53)54)4-20(12-24)32(55,56)57;1-12(2)14-11-16(9-8-15-14)10-13-6-4-3-5-7-13/h1-12H;3-9,11-12H,10H2,1-2H3/q-1;+1. The van der Waals surface area contributed by atoms with Crippen LogP contribution in [0.2, 0.25) is 0 Å². The molecule has 0 aliphatic rings. The molecule has 0 fully saturated rings. The Kier molecular flexibility index (Phi) is 15.6. The van der Waals surface area contributed by atoms with Gasteiger partial charge in [-0.3, -0.25) is 0 Å². The van der Waals surface area contributed by atoms with Crippen molar-refractivity contribution in [1.29, 1.82) is 0 Å². The highest BCUT2D eigenvalue weighted by molar-refractivity contribution is 7.20. The van der Waals surface area contributed by atoms with Crippen molar-refractivity contribution in [3.05, 3.63) is 177 Å². The second kappa shape index (κ2) is 19.8. The smallest absolute Gasteiger partial charge is 0.249 e. The first kappa shape index (κ1) is 57.5. The molecule has 0 saturated heterocycles. The predicted molar refractivity (Wildman–Crippen MR) is 214 cm³/mol. The number of rotatable bonds is 7. The molecule has 0 N–H and O–H groups in total. The van der Waals surface area contributed by atoms with Gasteiger partial charge in [0.05, 0.1) is 50.7 Å². The van der Waals surface area contributed by atoms with E-state index in [0.717, 1.165) is 12.2 Å². The molecule has 0 amide bonds. The maximum Gasteiger partial charge on any atom is 0.416 e. The summed E-state index contributed by atoms with van der Waals surface area (Å²) >= 11 is 0. The Morgan fingerprint density at radius 1 is 0.384 bits per heavy atom. The zero-order chi connectivity index (χ0) is 55.3. The molecule has 1 heterocycles. The van der Waals surface area contributed by atoms with Crippen LogP contribution in [0.25, 0.3) is 0 Å². The molecule has 5 aromatic carbocycles. The fourth-order valence-corrected chi connectivity index (χ4v) is 7.71. The lowest BCUT2D eigenvalue weighted by Gasteiger charge is -2.46. The Labute approximate surface area is 395 Å². The lowest BCUT2D eigenvalue weighted by molar-refractivity contribution is -0.689. The summed E-state index contributed by atoms with van der Waals surface area (Å²) in [7, 11) is 0. The zero-order valence-corrected chi connectivity index (χ0v) is 36.4. The van der Waals surface area contributed by atoms with E-state index in [9.17, 15) is 105 Å². The maximum atomic E-state index is 14.2. The molecule has 0 aliphatic heterocycles. The summed E-state index contributed by atoms with van der Waals surface area (Å²) in [5.41, 5.74) is -27.8. The summed E-state index contributed by atoms with van der Waals surface area (Å²) in [6, 6.07) is 1.65. The lowest BCUT2D eigenvalue weighted by atomic mass is 9.12. The van der Waals surface area contributed by atoms with Crippen molar-refractivity contribution in [2.24, 2.45) is 0 Å². The third-order valence-electron chi connectivity index (χ3n) is 11.0. The molecule has 0 spiro atoms. The molecule has 1 aromatic heterocycles. The second-order valence-corrected chi connectivity index (χ2v) is 16.5. The minimum Gasteiger partial charge on any atom is -0.249 e. The van der Waals surface area contributed by atoms with Gasteiger partial charge in [-0.1, -0.05) is 92.7 Å². The number of halogens is 24. The molecule has 0 aliphatic carbocycles. The second-order valence-electron chi connectivity index (χ2n) is 16.5. The SMILES string of the molecule is CC(C)c1c[n+](Cc2ccccc2)ccn1.FC(F)(F)c1cc([B-](c2cc(C(F)(F)F)cc(C(F)(F)F)c2)(c2cc(C(F)(F)F)cc(C(F)(F)F)c2)c2cc(C(F)(F)F)cc(C(F)(F)F)c2)cc(C(F)(F)F)c1. The van der Waals surface area contributed by atoms with Crippen LogP contribution in [0.1, 0.15) is 75.5 Å². The molecule has 27 heteroatoms. The van der Waals surface area contributed by atoms with Crippen molar-refractivity contribution in [2.45, 2.75) is 75.7 Å². The van der Waals surface area contributed by atoms with Crippen molar-refractivity contribution < 1.29 is 110 Å². The molecular formula is C46H29BF24N2. The predicted octanol–water partition coefficient (Wildman–Crippen LogP) is 13.8. The summed E-state index contributed by atoms with van der Waals surface area (Å²) in [5.74, 6) is 0.475. The van der Waals surface area contributed by atoms with Crippen LogP contribution >= 0.6 is 0 Å². The van der Waals surface area contributed by atoms with Crippen LogP contribution in [0.3, 0.4) is 0 Å². The fraction of sp³-hybridized carbons (Fsp3) is 0.261. The van der Waals surface area contributed by atoms with E-state index in [0.29, 0.717) is 5.92 Å². The molecule has 73 heavy (non-hydrogen) atoms. The molecule has 0 unspecified atom stereocenters. The van der Waals surface area contributed by atoms with E-state index in [1.807, 2.05) is 18.5 Å². The number of hydrogen-bond donors (Lipinski definition) is 0. The van der Waals surface area contributed by atoms with E-state index in [1.54, 1.807) is 0 Å².